The molecule has 0 spiro atoms. The van der Waals surface area contributed by atoms with E-state index in [1.807, 2.05) is 0 Å². The maximum absolute atomic E-state index is 9.81. The first-order valence-corrected chi connectivity index (χ1v) is 9.88. The molecule has 0 aromatic rings. The van der Waals surface area contributed by atoms with E-state index in [0.717, 1.165) is 24.8 Å². The van der Waals surface area contributed by atoms with Crippen molar-refractivity contribution >= 4 is 0 Å². The lowest BCUT2D eigenvalue weighted by Crippen LogP contribution is -2.33. The molecule has 3 nitrogen and oxygen atoms in total. The van der Waals surface area contributed by atoms with Crippen molar-refractivity contribution in [1.29, 1.82) is 0 Å². The van der Waals surface area contributed by atoms with E-state index in [1.165, 1.54) is 0 Å². The quantitative estimate of drug-likeness (QED) is 0.667. The summed E-state index contributed by atoms with van der Waals surface area (Å²) in [4.78, 5) is 0. The molecule has 0 aliphatic heterocycles. The van der Waals surface area contributed by atoms with E-state index >= 15 is 0 Å². The number of hydrogen-bond donors (Lipinski definition) is 3. The Labute approximate surface area is 159 Å². The van der Waals surface area contributed by atoms with Crippen LogP contribution in [0.25, 0.3) is 0 Å². The summed E-state index contributed by atoms with van der Waals surface area (Å²) in [5.41, 5.74) is 0.453. The van der Waals surface area contributed by atoms with Crippen LogP contribution in [0.15, 0.2) is 23.8 Å². The summed E-state index contributed by atoms with van der Waals surface area (Å²) in [7, 11) is 0. The SMILES string of the molecule is CC(C)(O)C#CC[C@@]1(C)CC[C@@H](/C=C/C=C2C[C@@H](O)C[C@H](O)C2)C1(C)C. The summed E-state index contributed by atoms with van der Waals surface area (Å²) in [5.74, 6) is 6.64. The molecule has 0 aromatic heterocycles. The van der Waals surface area contributed by atoms with Gasteiger partial charge in [-0.15, -0.1) is 0 Å². The van der Waals surface area contributed by atoms with Crippen LogP contribution in [0.3, 0.4) is 0 Å². The molecular formula is C23H36O3. The van der Waals surface area contributed by atoms with E-state index in [2.05, 4.69) is 50.8 Å². The van der Waals surface area contributed by atoms with Gasteiger partial charge in [-0.25, -0.2) is 0 Å². The first-order chi connectivity index (χ1) is 11.9. The molecule has 2 fully saturated rings. The van der Waals surface area contributed by atoms with Gasteiger partial charge in [-0.2, -0.15) is 0 Å². The van der Waals surface area contributed by atoms with E-state index in [0.29, 0.717) is 25.2 Å². The average molecular weight is 361 g/mol. The second kappa shape index (κ2) is 7.89. The molecule has 0 aromatic carbocycles. The zero-order valence-corrected chi connectivity index (χ0v) is 17.0. The molecule has 0 heterocycles. The van der Waals surface area contributed by atoms with Crippen LogP contribution in [-0.4, -0.2) is 33.1 Å². The van der Waals surface area contributed by atoms with Gasteiger partial charge >= 0.3 is 0 Å². The van der Waals surface area contributed by atoms with E-state index in [4.69, 9.17) is 0 Å². The summed E-state index contributed by atoms with van der Waals surface area (Å²) in [6, 6.07) is 0. The van der Waals surface area contributed by atoms with Crippen molar-refractivity contribution < 1.29 is 15.3 Å². The molecule has 0 amide bonds. The Hall–Kier alpha value is -1.08. The van der Waals surface area contributed by atoms with Crippen LogP contribution in [0, 0.1) is 28.6 Å². The fraction of sp³-hybridized carbons (Fsp3) is 0.739. The maximum Gasteiger partial charge on any atom is 0.119 e. The Bertz CT molecular complexity index is 600. The van der Waals surface area contributed by atoms with Gasteiger partial charge < -0.3 is 15.3 Å². The summed E-state index contributed by atoms with van der Waals surface area (Å²) in [5, 5.41) is 29.4. The van der Waals surface area contributed by atoms with Gasteiger partial charge in [0.25, 0.3) is 0 Å². The predicted molar refractivity (Wildman–Crippen MR) is 106 cm³/mol. The minimum Gasteiger partial charge on any atom is -0.393 e. The molecule has 0 radical (unpaired) electrons. The molecule has 0 unspecified atom stereocenters. The van der Waals surface area contributed by atoms with Crippen LogP contribution in [0.1, 0.15) is 73.1 Å². The normalized spacial score (nSPS) is 34.6. The van der Waals surface area contributed by atoms with E-state index in [9.17, 15) is 15.3 Å². The van der Waals surface area contributed by atoms with E-state index in [1.54, 1.807) is 13.8 Å². The van der Waals surface area contributed by atoms with Gasteiger partial charge in [-0.1, -0.05) is 56.4 Å². The molecule has 3 heteroatoms. The largest absolute Gasteiger partial charge is 0.393 e. The summed E-state index contributed by atoms with van der Waals surface area (Å²) < 4.78 is 0. The van der Waals surface area contributed by atoms with Crippen molar-refractivity contribution in [2.75, 3.05) is 0 Å². The van der Waals surface area contributed by atoms with Crippen LogP contribution in [-0.2, 0) is 0 Å². The van der Waals surface area contributed by atoms with Crippen molar-refractivity contribution in [3.05, 3.63) is 23.8 Å². The lowest BCUT2D eigenvalue weighted by Gasteiger charge is -2.40. The molecular weight excluding hydrogens is 324 g/mol. The van der Waals surface area contributed by atoms with Gasteiger partial charge in [-0.3, -0.25) is 0 Å². The predicted octanol–water partition coefficient (Wildman–Crippen LogP) is 3.98. The zero-order valence-electron chi connectivity index (χ0n) is 17.0. The fourth-order valence-corrected chi connectivity index (χ4v) is 4.34. The summed E-state index contributed by atoms with van der Waals surface area (Å²) in [6.45, 7) is 10.4. The topological polar surface area (TPSA) is 60.7 Å². The summed E-state index contributed by atoms with van der Waals surface area (Å²) >= 11 is 0. The molecule has 2 rings (SSSR count). The Balaban J connectivity index is 2.04. The lowest BCUT2D eigenvalue weighted by atomic mass is 9.64. The van der Waals surface area contributed by atoms with Gasteiger partial charge in [-0.05, 0) is 62.7 Å². The van der Waals surface area contributed by atoms with Gasteiger partial charge in [0, 0.05) is 6.42 Å². The van der Waals surface area contributed by atoms with Gasteiger partial charge in [0.05, 0.1) is 12.2 Å². The number of allylic oxidation sites excluding steroid dienone is 3. The van der Waals surface area contributed by atoms with Gasteiger partial charge in [0.1, 0.15) is 5.60 Å². The highest BCUT2D eigenvalue weighted by Gasteiger charge is 2.49. The molecule has 26 heavy (non-hydrogen) atoms. The number of aliphatic hydroxyl groups is 3. The van der Waals surface area contributed by atoms with Crippen molar-refractivity contribution in [1.82, 2.24) is 0 Å². The maximum atomic E-state index is 9.81. The third-order valence-electron chi connectivity index (χ3n) is 6.58. The van der Waals surface area contributed by atoms with Crippen LogP contribution in [0.4, 0.5) is 0 Å². The minimum atomic E-state index is -0.931. The van der Waals surface area contributed by atoms with Crippen LogP contribution < -0.4 is 0 Å². The van der Waals surface area contributed by atoms with Gasteiger partial charge in [0.15, 0.2) is 0 Å². The third kappa shape index (κ3) is 5.22. The van der Waals surface area contributed by atoms with Crippen LogP contribution >= 0.6 is 0 Å². The average Bonchev–Trinajstić information content (AvgIpc) is 2.68. The number of aliphatic hydroxyl groups excluding tert-OH is 2. The van der Waals surface area contributed by atoms with Gasteiger partial charge in [0.2, 0.25) is 0 Å². The second-order valence-corrected chi connectivity index (χ2v) is 9.63. The molecule has 2 aliphatic rings. The highest BCUT2D eigenvalue weighted by atomic mass is 16.3. The highest BCUT2D eigenvalue weighted by Crippen LogP contribution is 2.58. The van der Waals surface area contributed by atoms with Crippen molar-refractivity contribution in [2.45, 2.75) is 91.0 Å². The van der Waals surface area contributed by atoms with E-state index < -0.39 is 17.8 Å². The first-order valence-electron chi connectivity index (χ1n) is 9.88. The fourth-order valence-electron chi connectivity index (χ4n) is 4.34. The lowest BCUT2D eigenvalue weighted by molar-refractivity contribution is 0.0609. The molecule has 2 aliphatic carbocycles. The molecule has 4 atom stereocenters. The standard InChI is InChI=1S/C23H36O3/c1-21(2,26)11-7-12-23(5)13-10-18(22(23,3)4)9-6-8-17-14-19(24)16-20(25)15-17/h6,8-9,18-20,24-26H,10,12-16H2,1-5H3/b9-6+/t18-,19-,20-,23+/m1/s1. The molecule has 146 valence electrons. The molecule has 2 saturated carbocycles. The molecule has 0 bridgehead atoms. The molecule has 0 saturated heterocycles. The Morgan fingerprint density at radius 3 is 2.35 bits per heavy atom. The Morgan fingerprint density at radius 2 is 1.77 bits per heavy atom. The van der Waals surface area contributed by atoms with Crippen LogP contribution in [0.5, 0.6) is 0 Å². The third-order valence-corrected chi connectivity index (χ3v) is 6.58. The smallest absolute Gasteiger partial charge is 0.119 e. The second-order valence-electron chi connectivity index (χ2n) is 9.63. The zero-order chi connectivity index (χ0) is 19.6. The summed E-state index contributed by atoms with van der Waals surface area (Å²) in [6.07, 6.45) is 10.5. The first kappa shape index (κ1) is 21.2. The van der Waals surface area contributed by atoms with Crippen molar-refractivity contribution in [3.63, 3.8) is 0 Å². The highest BCUT2D eigenvalue weighted by molar-refractivity contribution is 5.20. The Kier molecular flexibility index (Phi) is 6.44. The Morgan fingerprint density at radius 1 is 1.15 bits per heavy atom. The van der Waals surface area contributed by atoms with E-state index in [-0.39, 0.29) is 10.8 Å². The number of rotatable bonds is 3. The molecule has 3 N–H and O–H groups in total. The number of hydrogen-bond acceptors (Lipinski definition) is 3. The minimum absolute atomic E-state index is 0.127. The monoisotopic (exact) mass is 360 g/mol. The van der Waals surface area contributed by atoms with Crippen molar-refractivity contribution in [3.8, 4) is 11.8 Å². The van der Waals surface area contributed by atoms with Crippen LogP contribution in [0.2, 0.25) is 0 Å². The van der Waals surface area contributed by atoms with Crippen molar-refractivity contribution in [2.24, 2.45) is 16.7 Å².